The Bertz CT molecular complexity index is 1320. The average Bonchev–Trinajstić information content (AvgIpc) is 2.99. The van der Waals surface area contributed by atoms with Crippen LogP contribution in [0, 0.1) is 0 Å². The molecule has 3 aromatic carbocycles. The molecular weight excluding hydrogens is 490 g/mol. The smallest absolute Gasteiger partial charge is 0.410 e. The molecule has 7 nitrogen and oxygen atoms in total. The molecule has 0 bridgehead atoms. The Morgan fingerprint density at radius 2 is 1.59 bits per heavy atom. The standard InChI is InChI=1S/C32H35N3O4/c36-31(35-23-27-7-5-4-6-25(27)21-29(35)13-14-33-16-18-38-19-17-33)26-11-10-24-12-15-34(22-28(24)20-26)32(37)39-30-8-2-1-3-9-30/h1-11,20,29H,12-19,21-23H2/t29-/m1/s1. The summed E-state index contributed by atoms with van der Waals surface area (Å²) in [5.41, 5.74) is 5.44. The Morgan fingerprint density at radius 3 is 2.41 bits per heavy atom. The lowest BCUT2D eigenvalue weighted by Crippen LogP contribution is -2.47. The fourth-order valence-electron chi connectivity index (χ4n) is 5.91. The summed E-state index contributed by atoms with van der Waals surface area (Å²) in [5.74, 6) is 0.592. The number of rotatable bonds is 5. The summed E-state index contributed by atoms with van der Waals surface area (Å²) in [5, 5.41) is 0. The van der Waals surface area contributed by atoms with Gasteiger partial charge in [0.05, 0.1) is 13.2 Å². The maximum atomic E-state index is 14.0. The van der Waals surface area contributed by atoms with Gasteiger partial charge in [0.25, 0.3) is 5.91 Å². The summed E-state index contributed by atoms with van der Waals surface area (Å²) in [4.78, 5) is 33.0. The van der Waals surface area contributed by atoms with E-state index >= 15 is 0 Å². The van der Waals surface area contributed by atoms with Gasteiger partial charge in [-0.25, -0.2) is 4.79 Å². The average molecular weight is 526 g/mol. The van der Waals surface area contributed by atoms with Crippen molar-refractivity contribution in [3.05, 3.63) is 101 Å². The maximum absolute atomic E-state index is 14.0. The van der Waals surface area contributed by atoms with Crippen molar-refractivity contribution >= 4 is 12.0 Å². The second-order valence-corrected chi connectivity index (χ2v) is 10.6. The highest BCUT2D eigenvalue weighted by molar-refractivity contribution is 5.95. The Morgan fingerprint density at radius 1 is 0.821 bits per heavy atom. The van der Waals surface area contributed by atoms with Crippen LogP contribution >= 0.6 is 0 Å². The fraction of sp³-hybridized carbons (Fsp3) is 0.375. The molecule has 3 aliphatic heterocycles. The molecule has 2 amide bonds. The first-order valence-electron chi connectivity index (χ1n) is 14.0. The van der Waals surface area contributed by atoms with Gasteiger partial charge in [-0.1, -0.05) is 48.5 Å². The molecule has 0 N–H and O–H groups in total. The maximum Gasteiger partial charge on any atom is 0.415 e. The number of fused-ring (bicyclic) bond motifs is 2. The van der Waals surface area contributed by atoms with Crippen molar-refractivity contribution in [1.82, 2.24) is 14.7 Å². The zero-order valence-corrected chi connectivity index (χ0v) is 22.3. The molecule has 202 valence electrons. The van der Waals surface area contributed by atoms with E-state index in [1.807, 2.05) is 30.3 Å². The number of carbonyl (C=O) groups excluding carboxylic acids is 2. The monoisotopic (exact) mass is 525 g/mol. The van der Waals surface area contributed by atoms with Gasteiger partial charge < -0.3 is 19.3 Å². The van der Waals surface area contributed by atoms with Crippen LogP contribution in [-0.2, 0) is 30.7 Å². The van der Waals surface area contributed by atoms with Crippen molar-refractivity contribution in [2.75, 3.05) is 39.4 Å². The number of hydrogen-bond donors (Lipinski definition) is 0. The van der Waals surface area contributed by atoms with Gasteiger partial charge in [0.15, 0.2) is 0 Å². The summed E-state index contributed by atoms with van der Waals surface area (Å²) in [6, 6.07) is 23.8. The minimum Gasteiger partial charge on any atom is -0.410 e. The lowest BCUT2D eigenvalue weighted by Gasteiger charge is -2.39. The van der Waals surface area contributed by atoms with Crippen molar-refractivity contribution in [3.63, 3.8) is 0 Å². The van der Waals surface area contributed by atoms with E-state index in [0.29, 0.717) is 30.9 Å². The Hall–Kier alpha value is -3.68. The molecule has 3 aliphatic rings. The van der Waals surface area contributed by atoms with Crippen LogP contribution < -0.4 is 4.74 Å². The predicted octanol–water partition coefficient (Wildman–Crippen LogP) is 4.53. The summed E-state index contributed by atoms with van der Waals surface area (Å²) in [6.45, 7) is 6.07. The molecule has 1 atom stereocenters. The zero-order chi connectivity index (χ0) is 26.6. The molecule has 3 heterocycles. The van der Waals surface area contributed by atoms with Crippen LogP contribution in [0.15, 0.2) is 72.8 Å². The molecule has 7 heteroatoms. The van der Waals surface area contributed by atoms with Crippen LogP contribution in [0.4, 0.5) is 4.79 Å². The minimum atomic E-state index is -0.362. The molecule has 1 saturated heterocycles. The molecule has 39 heavy (non-hydrogen) atoms. The van der Waals surface area contributed by atoms with E-state index in [9.17, 15) is 9.59 Å². The van der Waals surface area contributed by atoms with E-state index in [4.69, 9.17) is 9.47 Å². The minimum absolute atomic E-state index is 0.0586. The highest BCUT2D eigenvalue weighted by Gasteiger charge is 2.31. The van der Waals surface area contributed by atoms with Gasteiger partial charge in [-0.2, -0.15) is 0 Å². The number of hydrogen-bond acceptors (Lipinski definition) is 5. The second kappa shape index (κ2) is 11.6. The quantitative estimate of drug-likeness (QED) is 0.490. The third kappa shape index (κ3) is 5.84. The van der Waals surface area contributed by atoms with Crippen molar-refractivity contribution in [2.24, 2.45) is 0 Å². The van der Waals surface area contributed by atoms with E-state index < -0.39 is 0 Å². The first-order chi connectivity index (χ1) is 19.1. The summed E-state index contributed by atoms with van der Waals surface area (Å²) >= 11 is 0. The number of morpholine rings is 1. The van der Waals surface area contributed by atoms with Crippen molar-refractivity contribution < 1.29 is 19.1 Å². The van der Waals surface area contributed by atoms with Gasteiger partial charge in [-0.3, -0.25) is 9.69 Å². The van der Waals surface area contributed by atoms with Crippen molar-refractivity contribution in [2.45, 2.75) is 38.4 Å². The molecule has 0 saturated carbocycles. The molecular formula is C32H35N3O4. The van der Waals surface area contributed by atoms with Gasteiger partial charge in [-0.05, 0) is 65.8 Å². The fourth-order valence-corrected chi connectivity index (χ4v) is 5.91. The molecule has 6 rings (SSSR count). The van der Waals surface area contributed by atoms with Gasteiger partial charge >= 0.3 is 6.09 Å². The van der Waals surface area contributed by atoms with E-state index in [1.165, 1.54) is 16.7 Å². The number of amides is 2. The third-order valence-electron chi connectivity index (χ3n) is 8.17. The predicted molar refractivity (Wildman–Crippen MR) is 149 cm³/mol. The Kier molecular flexibility index (Phi) is 7.61. The molecule has 0 unspecified atom stereocenters. The lowest BCUT2D eigenvalue weighted by atomic mass is 9.91. The van der Waals surface area contributed by atoms with Crippen LogP contribution in [0.2, 0.25) is 0 Å². The van der Waals surface area contributed by atoms with E-state index in [0.717, 1.165) is 57.7 Å². The lowest BCUT2D eigenvalue weighted by molar-refractivity contribution is 0.0308. The normalized spacial score (nSPS) is 19.2. The van der Waals surface area contributed by atoms with E-state index in [2.05, 4.69) is 40.1 Å². The molecule has 0 aliphatic carbocycles. The number of benzene rings is 3. The summed E-state index contributed by atoms with van der Waals surface area (Å²) < 4.78 is 11.1. The first-order valence-corrected chi connectivity index (χ1v) is 14.0. The van der Waals surface area contributed by atoms with Crippen molar-refractivity contribution in [3.8, 4) is 5.75 Å². The number of para-hydroxylation sites is 1. The zero-order valence-electron chi connectivity index (χ0n) is 22.3. The van der Waals surface area contributed by atoms with E-state index in [1.54, 1.807) is 17.0 Å². The summed E-state index contributed by atoms with van der Waals surface area (Å²) in [6.07, 6.45) is 2.19. The van der Waals surface area contributed by atoms with Crippen LogP contribution in [0.5, 0.6) is 5.75 Å². The third-order valence-corrected chi connectivity index (χ3v) is 8.17. The van der Waals surface area contributed by atoms with Gasteiger partial charge in [0.2, 0.25) is 0 Å². The second-order valence-electron chi connectivity index (χ2n) is 10.6. The highest BCUT2D eigenvalue weighted by atomic mass is 16.6. The Balaban J connectivity index is 1.18. The molecule has 1 fully saturated rings. The molecule has 0 radical (unpaired) electrons. The van der Waals surface area contributed by atoms with Gasteiger partial charge in [0, 0.05) is 50.9 Å². The summed E-state index contributed by atoms with van der Waals surface area (Å²) in [7, 11) is 0. The van der Waals surface area contributed by atoms with Gasteiger partial charge in [0.1, 0.15) is 5.75 Å². The van der Waals surface area contributed by atoms with Crippen LogP contribution in [0.1, 0.15) is 39.0 Å². The first kappa shape index (κ1) is 25.6. The highest BCUT2D eigenvalue weighted by Crippen LogP contribution is 2.29. The van der Waals surface area contributed by atoms with Crippen LogP contribution in [-0.4, -0.2) is 72.1 Å². The molecule has 0 aromatic heterocycles. The van der Waals surface area contributed by atoms with Gasteiger partial charge in [-0.15, -0.1) is 0 Å². The van der Waals surface area contributed by atoms with Crippen LogP contribution in [0.25, 0.3) is 0 Å². The van der Waals surface area contributed by atoms with E-state index in [-0.39, 0.29) is 18.0 Å². The number of nitrogens with zero attached hydrogens (tertiary/aromatic N) is 3. The molecule has 3 aromatic rings. The number of ether oxygens (including phenoxy) is 2. The molecule has 0 spiro atoms. The van der Waals surface area contributed by atoms with Crippen molar-refractivity contribution in [1.29, 1.82) is 0 Å². The Labute approximate surface area is 229 Å². The number of carbonyl (C=O) groups is 2. The largest absolute Gasteiger partial charge is 0.415 e. The van der Waals surface area contributed by atoms with Crippen LogP contribution in [0.3, 0.4) is 0 Å². The topological polar surface area (TPSA) is 62.3 Å². The SMILES string of the molecule is O=C(Oc1ccccc1)N1CCc2ccc(C(=O)N3Cc4ccccc4C[C@H]3CCN3CCOCC3)cc2C1.